The third kappa shape index (κ3) is 2.23. The number of aliphatic hydroxyl groups excluding tert-OH is 1. The maximum Gasteiger partial charge on any atom is 0.228 e. The van der Waals surface area contributed by atoms with E-state index >= 15 is 0 Å². The van der Waals surface area contributed by atoms with E-state index in [0.29, 0.717) is 19.1 Å². The van der Waals surface area contributed by atoms with E-state index in [1.165, 1.54) is 0 Å². The van der Waals surface area contributed by atoms with Crippen LogP contribution in [0, 0.1) is 11.8 Å². The number of piperidine rings is 1. The highest BCUT2D eigenvalue weighted by Gasteiger charge is 2.36. The summed E-state index contributed by atoms with van der Waals surface area (Å²) in [5, 5.41) is 9.78. The van der Waals surface area contributed by atoms with E-state index < -0.39 is 0 Å². The number of carbonyl (C=O) groups excluding carboxylic acids is 1. The molecule has 0 saturated carbocycles. The van der Waals surface area contributed by atoms with E-state index in [1.807, 2.05) is 13.8 Å². The van der Waals surface area contributed by atoms with Crippen molar-refractivity contribution >= 4 is 5.91 Å². The Hall–Kier alpha value is -0.610. The molecule has 4 heteroatoms. The largest absolute Gasteiger partial charge is 0.391 e. The predicted octanol–water partition coefficient (Wildman–Crippen LogP) is 0.641. The van der Waals surface area contributed by atoms with E-state index in [-0.39, 0.29) is 24.0 Å². The topological polar surface area (TPSA) is 49.8 Å². The Morgan fingerprint density at radius 2 is 2.12 bits per heavy atom. The molecule has 0 radical (unpaired) electrons. The second kappa shape index (κ2) is 4.72. The fourth-order valence-corrected chi connectivity index (χ4v) is 2.54. The summed E-state index contributed by atoms with van der Waals surface area (Å²) in [5.74, 6) is 0.470. The molecule has 0 aromatic rings. The van der Waals surface area contributed by atoms with Gasteiger partial charge in [-0.25, -0.2) is 0 Å². The number of carbonyl (C=O) groups is 1. The predicted molar refractivity (Wildman–Crippen MR) is 59.9 cm³/mol. The Morgan fingerprint density at radius 3 is 2.69 bits per heavy atom. The van der Waals surface area contributed by atoms with Gasteiger partial charge in [0.15, 0.2) is 0 Å². The highest BCUT2D eigenvalue weighted by atomic mass is 16.5. The van der Waals surface area contributed by atoms with Gasteiger partial charge in [-0.2, -0.15) is 0 Å². The molecule has 0 aliphatic carbocycles. The van der Waals surface area contributed by atoms with Gasteiger partial charge in [-0.1, -0.05) is 6.92 Å². The summed E-state index contributed by atoms with van der Waals surface area (Å²) in [6.07, 6.45) is 1.39. The van der Waals surface area contributed by atoms with Crippen LogP contribution in [0.2, 0.25) is 0 Å². The Balaban J connectivity index is 1.95. The van der Waals surface area contributed by atoms with E-state index in [1.54, 1.807) is 4.90 Å². The highest BCUT2D eigenvalue weighted by Crippen LogP contribution is 2.25. The van der Waals surface area contributed by atoms with E-state index in [4.69, 9.17) is 4.74 Å². The Labute approximate surface area is 96.6 Å². The van der Waals surface area contributed by atoms with Crippen LogP contribution in [0.25, 0.3) is 0 Å². The van der Waals surface area contributed by atoms with Gasteiger partial charge in [-0.05, 0) is 25.7 Å². The minimum absolute atomic E-state index is 0.000561. The number of β-amino-alcohol motifs (C(OH)–C–C–N with tert-alkyl or cyclic N) is 1. The maximum atomic E-state index is 12.2. The number of hydrogen-bond acceptors (Lipinski definition) is 3. The van der Waals surface area contributed by atoms with Gasteiger partial charge in [0.2, 0.25) is 5.91 Å². The molecule has 1 amide bonds. The van der Waals surface area contributed by atoms with Crippen LogP contribution >= 0.6 is 0 Å². The summed E-state index contributed by atoms with van der Waals surface area (Å²) in [6, 6.07) is 0. The summed E-state index contributed by atoms with van der Waals surface area (Å²) >= 11 is 0. The molecule has 0 aromatic carbocycles. The summed E-state index contributed by atoms with van der Waals surface area (Å²) in [6.45, 7) is 5.94. The van der Waals surface area contributed by atoms with Crippen LogP contribution in [0.5, 0.6) is 0 Å². The van der Waals surface area contributed by atoms with Crippen molar-refractivity contribution in [2.24, 2.45) is 11.8 Å². The molecule has 1 N–H and O–H groups in total. The van der Waals surface area contributed by atoms with Crippen LogP contribution in [0.15, 0.2) is 0 Å². The average Bonchev–Trinajstić information content (AvgIpc) is 2.67. The van der Waals surface area contributed by atoms with Crippen molar-refractivity contribution in [2.75, 3.05) is 19.7 Å². The first-order valence-corrected chi connectivity index (χ1v) is 6.18. The molecule has 0 bridgehead atoms. The molecular formula is C12H21NO3. The first-order valence-electron chi connectivity index (χ1n) is 6.18. The molecule has 2 heterocycles. The molecule has 4 nitrogen and oxygen atoms in total. The van der Waals surface area contributed by atoms with E-state index in [2.05, 4.69) is 0 Å². The van der Waals surface area contributed by atoms with Crippen molar-refractivity contribution in [3.63, 3.8) is 0 Å². The van der Waals surface area contributed by atoms with Gasteiger partial charge in [0.25, 0.3) is 0 Å². The summed E-state index contributed by atoms with van der Waals surface area (Å²) in [4.78, 5) is 14.0. The van der Waals surface area contributed by atoms with Crippen LogP contribution < -0.4 is 0 Å². The minimum Gasteiger partial charge on any atom is -0.391 e. The zero-order valence-corrected chi connectivity index (χ0v) is 10.1. The van der Waals surface area contributed by atoms with E-state index in [0.717, 1.165) is 19.4 Å². The number of aliphatic hydroxyl groups is 1. The van der Waals surface area contributed by atoms with Crippen molar-refractivity contribution < 1.29 is 14.6 Å². The first kappa shape index (κ1) is 11.9. The van der Waals surface area contributed by atoms with Crippen molar-refractivity contribution in [1.82, 2.24) is 4.90 Å². The molecule has 2 fully saturated rings. The van der Waals surface area contributed by atoms with Crippen molar-refractivity contribution in [3.8, 4) is 0 Å². The fourth-order valence-electron chi connectivity index (χ4n) is 2.54. The van der Waals surface area contributed by atoms with Gasteiger partial charge in [-0.15, -0.1) is 0 Å². The van der Waals surface area contributed by atoms with Gasteiger partial charge < -0.3 is 14.7 Å². The Kier molecular flexibility index (Phi) is 3.50. The number of ether oxygens (including phenoxy) is 1. The lowest BCUT2D eigenvalue weighted by atomic mass is 9.93. The lowest BCUT2D eigenvalue weighted by molar-refractivity contribution is -0.141. The molecule has 2 rings (SSSR count). The normalized spacial score (nSPS) is 40.1. The summed E-state index contributed by atoms with van der Waals surface area (Å²) < 4.78 is 5.42. The molecule has 0 aromatic heterocycles. The second-order valence-electron chi connectivity index (χ2n) is 5.09. The standard InChI is InChI=1S/C12H21NO3/c1-8-3-5-13(7-11(8)14)12(15)10-4-6-16-9(10)2/h8-11,14H,3-7H2,1-2H3. The van der Waals surface area contributed by atoms with Crippen molar-refractivity contribution in [2.45, 2.75) is 38.9 Å². The summed E-state index contributed by atoms with van der Waals surface area (Å²) in [5.41, 5.74) is 0. The van der Waals surface area contributed by atoms with Crippen LogP contribution in [-0.4, -0.2) is 47.8 Å². The van der Waals surface area contributed by atoms with Crippen molar-refractivity contribution in [3.05, 3.63) is 0 Å². The Bertz CT molecular complexity index is 269. The van der Waals surface area contributed by atoms with Gasteiger partial charge in [-0.3, -0.25) is 4.79 Å². The van der Waals surface area contributed by atoms with Crippen LogP contribution in [0.4, 0.5) is 0 Å². The Morgan fingerprint density at radius 1 is 1.38 bits per heavy atom. The minimum atomic E-state index is -0.365. The molecule has 2 saturated heterocycles. The quantitative estimate of drug-likeness (QED) is 0.715. The maximum absolute atomic E-state index is 12.2. The monoisotopic (exact) mass is 227 g/mol. The van der Waals surface area contributed by atoms with Crippen molar-refractivity contribution in [1.29, 1.82) is 0 Å². The molecular weight excluding hydrogens is 206 g/mol. The molecule has 16 heavy (non-hydrogen) atoms. The van der Waals surface area contributed by atoms with Crippen LogP contribution in [0.1, 0.15) is 26.7 Å². The number of nitrogens with zero attached hydrogens (tertiary/aromatic N) is 1. The first-order chi connectivity index (χ1) is 7.59. The fraction of sp³-hybridized carbons (Fsp3) is 0.917. The molecule has 2 aliphatic rings. The average molecular weight is 227 g/mol. The molecule has 2 aliphatic heterocycles. The number of amides is 1. The van der Waals surface area contributed by atoms with Gasteiger partial charge in [0, 0.05) is 19.7 Å². The number of likely N-dealkylation sites (tertiary alicyclic amines) is 1. The lowest BCUT2D eigenvalue weighted by Gasteiger charge is -2.36. The zero-order valence-electron chi connectivity index (χ0n) is 10.1. The third-order valence-corrected chi connectivity index (χ3v) is 3.92. The zero-order chi connectivity index (χ0) is 11.7. The second-order valence-corrected chi connectivity index (χ2v) is 5.09. The number of hydrogen-bond donors (Lipinski definition) is 1. The number of rotatable bonds is 1. The van der Waals surface area contributed by atoms with E-state index in [9.17, 15) is 9.90 Å². The molecule has 4 unspecified atom stereocenters. The molecule has 92 valence electrons. The van der Waals surface area contributed by atoms with Crippen LogP contribution in [-0.2, 0) is 9.53 Å². The lowest BCUT2D eigenvalue weighted by Crippen LogP contribution is -2.48. The van der Waals surface area contributed by atoms with Gasteiger partial charge >= 0.3 is 0 Å². The molecule has 4 atom stereocenters. The SMILES string of the molecule is CC1CCN(C(=O)C2CCOC2C)CC1O. The van der Waals surface area contributed by atoms with Crippen LogP contribution in [0.3, 0.4) is 0 Å². The highest BCUT2D eigenvalue weighted by molar-refractivity contribution is 5.79. The van der Waals surface area contributed by atoms with Gasteiger partial charge in [0.1, 0.15) is 0 Å². The smallest absolute Gasteiger partial charge is 0.228 e. The third-order valence-electron chi connectivity index (χ3n) is 3.92. The molecule has 0 spiro atoms. The summed E-state index contributed by atoms with van der Waals surface area (Å²) in [7, 11) is 0. The van der Waals surface area contributed by atoms with Gasteiger partial charge in [0.05, 0.1) is 18.1 Å².